The molecule has 0 bridgehead atoms. The van der Waals surface area contributed by atoms with E-state index in [1.165, 1.54) is 19.2 Å². The molecule has 9 heteroatoms. The molecule has 32 heavy (non-hydrogen) atoms. The summed E-state index contributed by atoms with van der Waals surface area (Å²) in [6, 6.07) is 17.0. The third-order valence-corrected chi connectivity index (χ3v) is 6.59. The Morgan fingerprint density at radius 1 is 1.06 bits per heavy atom. The SMILES string of the molecule is COc1ccc(S(=O)(=O)NN(O)C(=O)c2cc(C)cc(C)c2)c(Cc2cccc(Br)c2)c1. The van der Waals surface area contributed by atoms with E-state index >= 15 is 0 Å². The van der Waals surface area contributed by atoms with Crippen molar-refractivity contribution in [2.24, 2.45) is 0 Å². The molecule has 0 fully saturated rings. The van der Waals surface area contributed by atoms with Gasteiger partial charge in [-0.1, -0.05) is 50.1 Å². The van der Waals surface area contributed by atoms with Crippen LogP contribution in [-0.2, 0) is 16.4 Å². The number of benzene rings is 3. The lowest BCUT2D eigenvalue weighted by molar-refractivity contribution is -0.0761. The van der Waals surface area contributed by atoms with Crippen molar-refractivity contribution in [2.75, 3.05) is 7.11 Å². The van der Waals surface area contributed by atoms with E-state index in [1.807, 2.05) is 35.2 Å². The number of carbonyl (C=O) groups excluding carboxylic acids is 1. The lowest BCUT2D eigenvalue weighted by Gasteiger charge is -2.18. The first kappa shape index (κ1) is 23.9. The molecule has 3 rings (SSSR count). The van der Waals surface area contributed by atoms with Crippen LogP contribution in [0.25, 0.3) is 0 Å². The van der Waals surface area contributed by atoms with Gasteiger partial charge < -0.3 is 4.74 Å². The molecule has 0 saturated carbocycles. The summed E-state index contributed by atoms with van der Waals surface area (Å²) in [6.07, 6.45) is 0.295. The average Bonchev–Trinajstić information content (AvgIpc) is 2.72. The van der Waals surface area contributed by atoms with Gasteiger partial charge in [0.25, 0.3) is 15.9 Å². The van der Waals surface area contributed by atoms with Crippen molar-refractivity contribution in [1.82, 2.24) is 10.0 Å². The van der Waals surface area contributed by atoms with Gasteiger partial charge in [-0.3, -0.25) is 10.0 Å². The zero-order chi connectivity index (χ0) is 23.5. The molecule has 7 nitrogen and oxygen atoms in total. The van der Waals surface area contributed by atoms with Crippen LogP contribution in [0.15, 0.2) is 70.0 Å². The van der Waals surface area contributed by atoms with Crippen molar-refractivity contribution in [3.05, 3.63) is 93.0 Å². The number of hydrazine groups is 1. The lowest BCUT2D eigenvalue weighted by Crippen LogP contribution is -2.44. The van der Waals surface area contributed by atoms with Crippen LogP contribution in [0.4, 0.5) is 0 Å². The fourth-order valence-corrected chi connectivity index (χ4v) is 4.95. The number of rotatable bonds is 7. The second kappa shape index (κ2) is 9.83. The topological polar surface area (TPSA) is 95.9 Å². The molecule has 3 aromatic rings. The third-order valence-electron chi connectivity index (χ3n) is 4.71. The molecule has 0 radical (unpaired) electrons. The van der Waals surface area contributed by atoms with Gasteiger partial charge in [-0.05, 0) is 73.9 Å². The molecule has 0 aromatic heterocycles. The molecule has 0 atom stereocenters. The van der Waals surface area contributed by atoms with E-state index in [1.54, 1.807) is 32.0 Å². The molecular formula is C23H23BrN2O5S. The van der Waals surface area contributed by atoms with Gasteiger partial charge in [0.1, 0.15) is 5.75 Å². The molecule has 3 aromatic carbocycles. The van der Waals surface area contributed by atoms with Gasteiger partial charge in [0.2, 0.25) is 0 Å². The average molecular weight is 519 g/mol. The summed E-state index contributed by atoms with van der Waals surface area (Å²) in [4.78, 5) is 14.5. The smallest absolute Gasteiger partial charge is 0.293 e. The van der Waals surface area contributed by atoms with Gasteiger partial charge in [-0.25, -0.2) is 8.42 Å². The van der Waals surface area contributed by atoms with Crippen molar-refractivity contribution in [3.63, 3.8) is 0 Å². The molecule has 0 unspecified atom stereocenters. The maximum atomic E-state index is 13.1. The standard InChI is InChI=1S/C23H23BrN2O5S/c1-15-9-16(2)11-19(10-15)23(27)26(28)25-32(29,30)22-8-7-21(31-3)14-18(22)12-17-5-4-6-20(24)13-17/h4-11,13-14,25,28H,12H2,1-3H3. The van der Waals surface area contributed by atoms with Crippen molar-refractivity contribution in [2.45, 2.75) is 25.2 Å². The number of aryl methyl sites for hydroxylation is 2. The first-order valence-electron chi connectivity index (χ1n) is 9.64. The van der Waals surface area contributed by atoms with Crippen molar-refractivity contribution < 1.29 is 23.2 Å². The fourth-order valence-electron chi connectivity index (χ4n) is 3.37. The molecule has 0 aliphatic carbocycles. The van der Waals surface area contributed by atoms with E-state index < -0.39 is 15.9 Å². The monoisotopic (exact) mass is 518 g/mol. The minimum absolute atomic E-state index is 0.00331. The summed E-state index contributed by atoms with van der Waals surface area (Å²) in [6.45, 7) is 3.61. The Bertz CT molecular complexity index is 1240. The summed E-state index contributed by atoms with van der Waals surface area (Å²) < 4.78 is 32.3. The predicted octanol–water partition coefficient (Wildman–Crippen LogP) is 4.39. The van der Waals surface area contributed by atoms with Gasteiger partial charge in [0, 0.05) is 10.0 Å². The minimum Gasteiger partial charge on any atom is -0.497 e. The van der Waals surface area contributed by atoms with Gasteiger partial charge in [-0.15, -0.1) is 5.17 Å². The number of sulfonamides is 1. The van der Waals surface area contributed by atoms with Crippen molar-refractivity contribution in [1.29, 1.82) is 0 Å². The second-order valence-electron chi connectivity index (χ2n) is 7.37. The number of hydrogen-bond donors (Lipinski definition) is 2. The number of nitrogens with zero attached hydrogens (tertiary/aromatic N) is 1. The fraction of sp³-hybridized carbons (Fsp3) is 0.174. The van der Waals surface area contributed by atoms with Crippen LogP contribution in [-0.4, -0.2) is 31.8 Å². The van der Waals surface area contributed by atoms with E-state index in [0.29, 0.717) is 17.7 Å². The molecule has 0 aliphatic rings. The Kier molecular flexibility index (Phi) is 7.35. The first-order chi connectivity index (χ1) is 15.1. The highest BCUT2D eigenvalue weighted by Gasteiger charge is 2.25. The summed E-state index contributed by atoms with van der Waals surface area (Å²) >= 11 is 3.41. The molecule has 0 aliphatic heterocycles. The van der Waals surface area contributed by atoms with Crippen molar-refractivity contribution in [3.8, 4) is 5.75 Å². The number of methoxy groups -OCH3 is 1. The number of nitrogens with one attached hydrogen (secondary N) is 1. The largest absolute Gasteiger partial charge is 0.497 e. The van der Waals surface area contributed by atoms with E-state index in [2.05, 4.69) is 15.9 Å². The normalized spacial score (nSPS) is 11.3. The van der Waals surface area contributed by atoms with Crippen LogP contribution in [0.1, 0.15) is 32.6 Å². The molecule has 0 saturated heterocycles. The maximum absolute atomic E-state index is 13.1. The number of halogens is 1. The van der Waals surface area contributed by atoms with E-state index in [0.717, 1.165) is 21.2 Å². The van der Waals surface area contributed by atoms with Gasteiger partial charge >= 0.3 is 0 Å². The number of amides is 1. The molecule has 2 N–H and O–H groups in total. The summed E-state index contributed by atoms with van der Waals surface area (Å²) in [7, 11) is -2.79. The summed E-state index contributed by atoms with van der Waals surface area (Å²) in [5.74, 6) is -0.399. The number of hydroxylamine groups is 1. The van der Waals surface area contributed by atoms with Crippen LogP contribution in [0, 0.1) is 13.8 Å². The first-order valence-corrected chi connectivity index (χ1v) is 11.9. The van der Waals surface area contributed by atoms with E-state index in [4.69, 9.17) is 4.74 Å². The van der Waals surface area contributed by atoms with E-state index in [9.17, 15) is 18.4 Å². The van der Waals surface area contributed by atoms with E-state index in [-0.39, 0.29) is 15.6 Å². The van der Waals surface area contributed by atoms with Gasteiger partial charge in [-0.2, -0.15) is 0 Å². The van der Waals surface area contributed by atoms with Crippen LogP contribution < -0.4 is 9.57 Å². The van der Waals surface area contributed by atoms with Gasteiger partial charge in [0.05, 0.1) is 12.0 Å². The van der Waals surface area contributed by atoms with Gasteiger partial charge in [0.15, 0.2) is 0 Å². The zero-order valence-corrected chi connectivity index (χ0v) is 20.2. The Morgan fingerprint density at radius 2 is 1.75 bits per heavy atom. The highest BCUT2D eigenvalue weighted by Crippen LogP contribution is 2.25. The molecule has 168 valence electrons. The highest BCUT2D eigenvalue weighted by atomic mass is 79.9. The molecule has 0 spiro atoms. The number of ether oxygens (including phenoxy) is 1. The summed E-state index contributed by atoms with van der Waals surface area (Å²) in [5.41, 5.74) is 3.11. The minimum atomic E-state index is -4.28. The quantitative estimate of drug-likeness (QED) is 0.357. The molecule has 1 amide bonds. The molecular weight excluding hydrogens is 496 g/mol. The van der Waals surface area contributed by atoms with Crippen LogP contribution in [0.2, 0.25) is 0 Å². The van der Waals surface area contributed by atoms with Crippen LogP contribution in [0.3, 0.4) is 0 Å². The Morgan fingerprint density at radius 3 is 2.38 bits per heavy atom. The number of carbonyl (C=O) groups is 1. The predicted molar refractivity (Wildman–Crippen MR) is 124 cm³/mol. The lowest BCUT2D eigenvalue weighted by atomic mass is 10.0. The van der Waals surface area contributed by atoms with Crippen LogP contribution >= 0.6 is 15.9 Å². The Labute approximate surface area is 195 Å². The summed E-state index contributed by atoms with van der Waals surface area (Å²) in [5, 5.41) is 10.2. The second-order valence-corrected chi connectivity index (χ2v) is 9.91. The van der Waals surface area contributed by atoms with Crippen LogP contribution in [0.5, 0.6) is 5.75 Å². The molecule has 0 heterocycles. The maximum Gasteiger partial charge on any atom is 0.293 e. The number of hydrogen-bond acceptors (Lipinski definition) is 5. The highest BCUT2D eigenvalue weighted by molar-refractivity contribution is 9.10. The third kappa shape index (κ3) is 5.74. The zero-order valence-electron chi connectivity index (χ0n) is 17.8. The Hall–Kier alpha value is -2.72. The van der Waals surface area contributed by atoms with Crippen molar-refractivity contribution >= 4 is 31.9 Å². The Balaban J connectivity index is 1.92.